The van der Waals surface area contributed by atoms with Crippen LogP contribution in [0.1, 0.15) is 27.2 Å². The molecule has 0 bridgehead atoms. The molecule has 1 heterocycles. The number of phenols is 1. The molecule has 3 N–H and O–H groups in total. The number of benzene rings is 2. The van der Waals surface area contributed by atoms with Crippen LogP contribution in [0, 0.1) is 20.8 Å². The van der Waals surface area contributed by atoms with E-state index in [4.69, 9.17) is 11.6 Å². The molecule has 3 aromatic rings. The molecule has 6 heteroatoms. The van der Waals surface area contributed by atoms with Crippen molar-refractivity contribution in [3.63, 3.8) is 0 Å². The summed E-state index contributed by atoms with van der Waals surface area (Å²) in [6.45, 7) is 5.66. The van der Waals surface area contributed by atoms with E-state index < -0.39 is 0 Å². The Morgan fingerprint density at radius 3 is 2.64 bits per heavy atom. The van der Waals surface area contributed by atoms with Gasteiger partial charge in [0.2, 0.25) is 0 Å². The topological polar surface area (TPSA) is 78.0 Å². The number of hydrogen-bond donors (Lipinski definition) is 3. The Balaban J connectivity index is 1.89. The number of rotatable bonds is 3. The number of aromatic amines is 1. The monoisotopic (exact) mass is 355 g/mol. The van der Waals surface area contributed by atoms with Gasteiger partial charge in [-0.1, -0.05) is 23.7 Å². The van der Waals surface area contributed by atoms with Crippen LogP contribution in [0.15, 0.2) is 36.4 Å². The average Bonchev–Trinajstić information content (AvgIpc) is 3.04. The summed E-state index contributed by atoms with van der Waals surface area (Å²) in [5.41, 5.74) is 4.72. The number of H-pyrrole nitrogens is 1. The van der Waals surface area contributed by atoms with Gasteiger partial charge in [-0.3, -0.25) is 9.89 Å². The standard InChI is InChI=1S/C19H18ClN3O2/c1-10-6-12(3)18(24)14(7-10)16-9-17(23-22-16)19(25)21-15-8-13(20)5-4-11(15)2/h4-9,24H,1-3H3,(H,21,25)(H,22,23). The minimum Gasteiger partial charge on any atom is -0.507 e. The summed E-state index contributed by atoms with van der Waals surface area (Å²) in [4.78, 5) is 12.5. The number of halogens is 1. The normalized spacial score (nSPS) is 10.7. The van der Waals surface area contributed by atoms with Gasteiger partial charge in [-0.05, 0) is 61.7 Å². The molecule has 2 aromatic carbocycles. The van der Waals surface area contributed by atoms with Crippen molar-refractivity contribution in [3.8, 4) is 17.0 Å². The number of anilines is 1. The van der Waals surface area contributed by atoms with Crippen molar-refractivity contribution in [3.05, 3.63) is 63.8 Å². The van der Waals surface area contributed by atoms with E-state index in [1.54, 1.807) is 18.2 Å². The zero-order valence-corrected chi connectivity index (χ0v) is 14.9. The molecule has 0 aliphatic heterocycles. The molecule has 0 spiro atoms. The van der Waals surface area contributed by atoms with Gasteiger partial charge in [-0.2, -0.15) is 5.10 Å². The predicted octanol–water partition coefficient (Wildman–Crippen LogP) is 4.61. The third-order valence-electron chi connectivity index (χ3n) is 3.99. The van der Waals surface area contributed by atoms with E-state index in [9.17, 15) is 9.90 Å². The van der Waals surface area contributed by atoms with Gasteiger partial charge < -0.3 is 10.4 Å². The molecular formula is C19H18ClN3O2. The number of aryl methyl sites for hydroxylation is 3. The summed E-state index contributed by atoms with van der Waals surface area (Å²) in [5.74, 6) is -0.164. The average molecular weight is 356 g/mol. The number of hydrogen-bond acceptors (Lipinski definition) is 3. The number of nitrogens with zero attached hydrogens (tertiary/aromatic N) is 1. The summed E-state index contributed by atoms with van der Waals surface area (Å²) in [5, 5.41) is 20.5. The maximum Gasteiger partial charge on any atom is 0.273 e. The van der Waals surface area contributed by atoms with Crippen LogP contribution in [0.4, 0.5) is 5.69 Å². The summed E-state index contributed by atoms with van der Waals surface area (Å²) < 4.78 is 0. The Bertz CT molecular complexity index is 963. The Hall–Kier alpha value is -2.79. The summed E-state index contributed by atoms with van der Waals surface area (Å²) >= 11 is 5.98. The molecule has 0 atom stereocenters. The first kappa shape index (κ1) is 17.0. The van der Waals surface area contributed by atoms with Crippen LogP contribution in [0.25, 0.3) is 11.3 Å². The fourth-order valence-electron chi connectivity index (χ4n) is 2.65. The summed E-state index contributed by atoms with van der Waals surface area (Å²) in [7, 11) is 0. The highest BCUT2D eigenvalue weighted by Crippen LogP contribution is 2.32. The number of carbonyl (C=O) groups is 1. The van der Waals surface area contributed by atoms with Crippen LogP contribution in [0.5, 0.6) is 5.75 Å². The van der Waals surface area contributed by atoms with Crippen LogP contribution in [-0.4, -0.2) is 21.2 Å². The minimum atomic E-state index is -0.326. The van der Waals surface area contributed by atoms with Crippen LogP contribution in [0.3, 0.4) is 0 Å². The molecule has 1 aromatic heterocycles. The Morgan fingerprint density at radius 1 is 1.12 bits per heavy atom. The molecule has 3 rings (SSSR count). The lowest BCUT2D eigenvalue weighted by Gasteiger charge is -2.07. The molecule has 0 unspecified atom stereocenters. The lowest BCUT2D eigenvalue weighted by Crippen LogP contribution is -2.13. The smallest absolute Gasteiger partial charge is 0.273 e. The highest BCUT2D eigenvalue weighted by molar-refractivity contribution is 6.31. The van der Waals surface area contributed by atoms with Gasteiger partial charge in [-0.25, -0.2) is 0 Å². The number of carbonyl (C=O) groups excluding carboxylic acids is 1. The molecular weight excluding hydrogens is 338 g/mol. The van der Waals surface area contributed by atoms with E-state index in [0.29, 0.717) is 27.7 Å². The first-order chi connectivity index (χ1) is 11.8. The summed E-state index contributed by atoms with van der Waals surface area (Å²) in [6.07, 6.45) is 0. The molecule has 0 aliphatic rings. The van der Waals surface area contributed by atoms with Crippen molar-refractivity contribution in [1.29, 1.82) is 0 Å². The Kier molecular flexibility index (Phi) is 4.51. The Morgan fingerprint density at radius 2 is 1.88 bits per heavy atom. The molecule has 0 radical (unpaired) electrons. The van der Waals surface area contributed by atoms with Crippen molar-refractivity contribution >= 4 is 23.2 Å². The van der Waals surface area contributed by atoms with Gasteiger partial charge in [0.1, 0.15) is 11.4 Å². The zero-order chi connectivity index (χ0) is 18.1. The quantitative estimate of drug-likeness (QED) is 0.641. The SMILES string of the molecule is Cc1cc(C)c(O)c(-c2cc(C(=O)Nc3cc(Cl)ccc3C)[nH]n2)c1. The number of phenolic OH excluding ortho intramolecular Hbond substituents is 1. The first-order valence-corrected chi connectivity index (χ1v) is 8.16. The fourth-order valence-corrected chi connectivity index (χ4v) is 2.82. The van der Waals surface area contributed by atoms with Gasteiger partial charge in [0.25, 0.3) is 5.91 Å². The second-order valence-corrected chi connectivity index (χ2v) is 6.49. The van der Waals surface area contributed by atoms with E-state index in [1.807, 2.05) is 39.0 Å². The zero-order valence-electron chi connectivity index (χ0n) is 14.1. The highest BCUT2D eigenvalue weighted by atomic mass is 35.5. The molecule has 5 nitrogen and oxygen atoms in total. The maximum atomic E-state index is 12.5. The Labute approximate surface area is 150 Å². The van der Waals surface area contributed by atoms with Gasteiger partial charge in [0, 0.05) is 16.3 Å². The van der Waals surface area contributed by atoms with Crippen LogP contribution >= 0.6 is 11.6 Å². The molecule has 0 fully saturated rings. The van der Waals surface area contributed by atoms with E-state index in [2.05, 4.69) is 15.5 Å². The van der Waals surface area contributed by atoms with Gasteiger partial charge in [0.15, 0.2) is 0 Å². The predicted molar refractivity (Wildman–Crippen MR) is 99.3 cm³/mol. The number of amides is 1. The maximum absolute atomic E-state index is 12.5. The van der Waals surface area contributed by atoms with Crippen LogP contribution < -0.4 is 5.32 Å². The molecule has 0 saturated carbocycles. The van der Waals surface area contributed by atoms with Gasteiger partial charge >= 0.3 is 0 Å². The summed E-state index contributed by atoms with van der Waals surface area (Å²) in [6, 6.07) is 10.6. The van der Waals surface area contributed by atoms with E-state index in [-0.39, 0.29) is 11.7 Å². The fraction of sp³-hybridized carbons (Fsp3) is 0.158. The van der Waals surface area contributed by atoms with Crippen molar-refractivity contribution < 1.29 is 9.90 Å². The minimum absolute atomic E-state index is 0.162. The third kappa shape index (κ3) is 3.51. The van der Waals surface area contributed by atoms with Crippen molar-refractivity contribution in [2.24, 2.45) is 0 Å². The lowest BCUT2D eigenvalue weighted by molar-refractivity contribution is 0.102. The number of aromatic hydroxyl groups is 1. The van der Waals surface area contributed by atoms with E-state index in [1.165, 1.54) is 0 Å². The van der Waals surface area contributed by atoms with Crippen LogP contribution in [0.2, 0.25) is 5.02 Å². The molecule has 0 aliphatic carbocycles. The second kappa shape index (κ2) is 6.61. The van der Waals surface area contributed by atoms with Crippen molar-refractivity contribution in [2.75, 3.05) is 5.32 Å². The van der Waals surface area contributed by atoms with Crippen LogP contribution in [-0.2, 0) is 0 Å². The number of nitrogens with one attached hydrogen (secondary N) is 2. The van der Waals surface area contributed by atoms with E-state index >= 15 is 0 Å². The highest BCUT2D eigenvalue weighted by Gasteiger charge is 2.15. The number of aromatic nitrogens is 2. The lowest BCUT2D eigenvalue weighted by atomic mass is 10.0. The molecule has 128 valence electrons. The second-order valence-electron chi connectivity index (χ2n) is 6.06. The molecule has 0 saturated heterocycles. The molecule has 1 amide bonds. The van der Waals surface area contributed by atoms with Gasteiger partial charge in [0.05, 0.1) is 5.69 Å². The first-order valence-electron chi connectivity index (χ1n) is 7.78. The third-order valence-corrected chi connectivity index (χ3v) is 4.23. The largest absolute Gasteiger partial charge is 0.507 e. The van der Waals surface area contributed by atoms with Crippen molar-refractivity contribution in [2.45, 2.75) is 20.8 Å². The molecule has 25 heavy (non-hydrogen) atoms. The van der Waals surface area contributed by atoms with E-state index in [0.717, 1.165) is 16.7 Å². The van der Waals surface area contributed by atoms with Crippen molar-refractivity contribution in [1.82, 2.24) is 10.2 Å². The van der Waals surface area contributed by atoms with Gasteiger partial charge in [-0.15, -0.1) is 0 Å².